The summed E-state index contributed by atoms with van der Waals surface area (Å²) >= 11 is 5.59. The fraction of sp³-hybridized carbons (Fsp3) is 0.588. The van der Waals surface area contributed by atoms with E-state index in [4.69, 9.17) is 11.6 Å². The number of benzene rings is 1. The zero-order valence-corrected chi connectivity index (χ0v) is 16.6. The van der Waals surface area contributed by atoms with Crippen molar-refractivity contribution in [1.82, 2.24) is 9.62 Å². The lowest BCUT2D eigenvalue weighted by Crippen LogP contribution is -2.46. The van der Waals surface area contributed by atoms with Crippen molar-refractivity contribution in [2.75, 3.05) is 13.1 Å². The third-order valence-electron chi connectivity index (χ3n) is 4.29. The van der Waals surface area contributed by atoms with E-state index in [0.29, 0.717) is 38.4 Å². The molecule has 0 aromatic heterocycles. The number of amides is 1. The standard InChI is InChI=1S/C17H22ClF3N2O3S/c1-11(2)9-16(24)23-7-5-13(6-8-23)22-27(25,26)15-4-3-12(18)10-14(15)17(19,20)21/h3-4,10-11,13,22H,5-9H2,1-2H3. The van der Waals surface area contributed by atoms with Gasteiger partial charge in [0.2, 0.25) is 15.9 Å². The van der Waals surface area contributed by atoms with Gasteiger partial charge in [0, 0.05) is 30.6 Å². The molecule has 0 spiro atoms. The third kappa shape index (κ3) is 5.83. The number of alkyl halides is 3. The fourth-order valence-corrected chi connectivity index (χ4v) is 4.65. The van der Waals surface area contributed by atoms with Crippen LogP contribution in [0.4, 0.5) is 13.2 Å². The molecule has 10 heteroatoms. The van der Waals surface area contributed by atoms with E-state index in [1.54, 1.807) is 4.90 Å². The Bertz CT molecular complexity index is 789. The van der Waals surface area contributed by atoms with Crippen LogP contribution in [0.2, 0.25) is 5.02 Å². The average Bonchev–Trinajstić information content (AvgIpc) is 2.53. The van der Waals surface area contributed by atoms with Gasteiger partial charge >= 0.3 is 6.18 Å². The summed E-state index contributed by atoms with van der Waals surface area (Å²) in [6, 6.07) is 2.03. The zero-order valence-electron chi connectivity index (χ0n) is 15.0. The second-order valence-corrected chi connectivity index (χ2v) is 9.13. The van der Waals surface area contributed by atoms with Crippen molar-refractivity contribution in [3.05, 3.63) is 28.8 Å². The van der Waals surface area contributed by atoms with Crippen LogP contribution in [-0.2, 0) is 21.0 Å². The molecule has 27 heavy (non-hydrogen) atoms. The van der Waals surface area contributed by atoms with Crippen molar-refractivity contribution in [2.45, 2.75) is 50.2 Å². The van der Waals surface area contributed by atoms with E-state index < -0.39 is 32.7 Å². The Balaban J connectivity index is 2.10. The van der Waals surface area contributed by atoms with Gasteiger partial charge in [0.1, 0.15) is 0 Å². The molecule has 0 bridgehead atoms. The lowest BCUT2D eigenvalue weighted by Gasteiger charge is -2.32. The molecule has 1 saturated heterocycles. The molecule has 1 N–H and O–H groups in total. The molecular weight excluding hydrogens is 405 g/mol. The molecule has 1 amide bonds. The van der Waals surface area contributed by atoms with Crippen LogP contribution in [0.5, 0.6) is 0 Å². The number of likely N-dealkylation sites (tertiary alicyclic amines) is 1. The summed E-state index contributed by atoms with van der Waals surface area (Å²) in [6.45, 7) is 4.60. The van der Waals surface area contributed by atoms with Crippen LogP contribution in [0, 0.1) is 5.92 Å². The molecule has 152 valence electrons. The number of carbonyl (C=O) groups excluding carboxylic acids is 1. The Hall–Kier alpha value is -1.32. The third-order valence-corrected chi connectivity index (χ3v) is 6.10. The highest BCUT2D eigenvalue weighted by atomic mass is 35.5. The Morgan fingerprint density at radius 3 is 2.41 bits per heavy atom. The van der Waals surface area contributed by atoms with Crippen molar-refractivity contribution in [3.8, 4) is 0 Å². The van der Waals surface area contributed by atoms with E-state index in [2.05, 4.69) is 4.72 Å². The van der Waals surface area contributed by atoms with Crippen LogP contribution in [0.1, 0.15) is 38.7 Å². The van der Waals surface area contributed by atoms with E-state index in [0.717, 1.165) is 12.1 Å². The van der Waals surface area contributed by atoms with Gasteiger partial charge in [0.05, 0.1) is 10.5 Å². The second-order valence-electron chi connectivity index (χ2n) is 7.01. The number of sulfonamides is 1. The van der Waals surface area contributed by atoms with Gasteiger partial charge in [0.15, 0.2) is 0 Å². The van der Waals surface area contributed by atoms with Crippen molar-refractivity contribution in [1.29, 1.82) is 0 Å². The lowest BCUT2D eigenvalue weighted by molar-refractivity contribution is -0.140. The van der Waals surface area contributed by atoms with Crippen LogP contribution in [0.3, 0.4) is 0 Å². The molecule has 1 aromatic carbocycles. The molecule has 2 rings (SSSR count). The summed E-state index contributed by atoms with van der Waals surface area (Å²) < 4.78 is 66.9. The van der Waals surface area contributed by atoms with Crippen molar-refractivity contribution < 1.29 is 26.4 Å². The monoisotopic (exact) mass is 426 g/mol. The molecule has 1 aliphatic heterocycles. The molecule has 1 aliphatic rings. The lowest BCUT2D eigenvalue weighted by atomic mass is 10.0. The second kappa shape index (κ2) is 8.36. The minimum absolute atomic E-state index is 0.00312. The molecule has 0 saturated carbocycles. The first kappa shape index (κ1) is 22.0. The van der Waals surface area contributed by atoms with Gasteiger partial charge in [-0.1, -0.05) is 25.4 Å². The van der Waals surface area contributed by atoms with E-state index in [9.17, 15) is 26.4 Å². The van der Waals surface area contributed by atoms with Gasteiger partial charge in [-0.3, -0.25) is 4.79 Å². The van der Waals surface area contributed by atoms with Crippen LogP contribution >= 0.6 is 11.6 Å². The minimum Gasteiger partial charge on any atom is -0.343 e. The number of piperidine rings is 1. The van der Waals surface area contributed by atoms with Crippen LogP contribution in [-0.4, -0.2) is 38.4 Å². The molecule has 1 heterocycles. The van der Waals surface area contributed by atoms with Gasteiger partial charge in [-0.05, 0) is 37.0 Å². The number of hydrogen-bond donors (Lipinski definition) is 1. The number of carbonyl (C=O) groups is 1. The predicted molar refractivity (Wildman–Crippen MR) is 95.8 cm³/mol. The summed E-state index contributed by atoms with van der Waals surface area (Å²) in [6.07, 6.45) is -3.74. The molecule has 0 aliphatic carbocycles. The normalized spacial score (nSPS) is 16.8. The Kier molecular flexibility index (Phi) is 6.81. The van der Waals surface area contributed by atoms with Gasteiger partial charge in [0.25, 0.3) is 0 Å². The highest BCUT2D eigenvalue weighted by Gasteiger charge is 2.38. The minimum atomic E-state index is -4.85. The number of nitrogens with one attached hydrogen (secondary N) is 1. The summed E-state index contributed by atoms with van der Waals surface area (Å²) in [4.78, 5) is 12.9. The highest BCUT2D eigenvalue weighted by Crippen LogP contribution is 2.36. The first-order chi connectivity index (χ1) is 12.4. The summed E-state index contributed by atoms with van der Waals surface area (Å²) in [5, 5.41) is -0.196. The molecule has 0 unspecified atom stereocenters. The summed E-state index contributed by atoms with van der Waals surface area (Å²) in [5.74, 6) is 0.225. The van der Waals surface area contributed by atoms with E-state index in [1.807, 2.05) is 13.8 Å². The molecule has 0 atom stereocenters. The number of rotatable bonds is 5. The van der Waals surface area contributed by atoms with Gasteiger partial charge in [-0.15, -0.1) is 0 Å². The quantitative estimate of drug-likeness (QED) is 0.781. The fourth-order valence-electron chi connectivity index (χ4n) is 2.97. The van der Waals surface area contributed by atoms with Crippen LogP contribution in [0.25, 0.3) is 0 Å². The average molecular weight is 427 g/mol. The summed E-state index contributed by atoms with van der Waals surface area (Å²) in [5.41, 5.74) is -1.30. The van der Waals surface area contributed by atoms with Crippen LogP contribution in [0.15, 0.2) is 23.1 Å². The van der Waals surface area contributed by atoms with E-state index >= 15 is 0 Å². The first-order valence-electron chi connectivity index (χ1n) is 8.57. The van der Waals surface area contributed by atoms with Crippen molar-refractivity contribution in [2.24, 2.45) is 5.92 Å². The summed E-state index contributed by atoms with van der Waals surface area (Å²) in [7, 11) is -4.38. The molecule has 5 nitrogen and oxygen atoms in total. The SMILES string of the molecule is CC(C)CC(=O)N1CCC(NS(=O)(=O)c2ccc(Cl)cc2C(F)(F)F)CC1. The van der Waals surface area contributed by atoms with Gasteiger partial charge in [-0.25, -0.2) is 13.1 Å². The number of nitrogens with zero attached hydrogens (tertiary/aromatic N) is 1. The van der Waals surface area contributed by atoms with Crippen LogP contribution < -0.4 is 4.72 Å². The smallest absolute Gasteiger partial charge is 0.343 e. The molecule has 1 fully saturated rings. The van der Waals surface area contributed by atoms with E-state index in [1.165, 1.54) is 0 Å². The topological polar surface area (TPSA) is 66.5 Å². The first-order valence-corrected chi connectivity index (χ1v) is 10.4. The number of hydrogen-bond acceptors (Lipinski definition) is 3. The zero-order chi connectivity index (χ0) is 20.4. The Morgan fingerprint density at radius 1 is 1.30 bits per heavy atom. The van der Waals surface area contributed by atoms with E-state index in [-0.39, 0.29) is 16.8 Å². The van der Waals surface area contributed by atoms with Crippen molar-refractivity contribution >= 4 is 27.5 Å². The largest absolute Gasteiger partial charge is 0.417 e. The van der Waals surface area contributed by atoms with Gasteiger partial charge in [-0.2, -0.15) is 13.2 Å². The molecular formula is C17H22ClF3N2O3S. The molecule has 1 aromatic rings. The predicted octanol–water partition coefficient (Wildman–Crippen LogP) is 3.67. The Labute approximate surface area is 161 Å². The number of halogens is 4. The van der Waals surface area contributed by atoms with Gasteiger partial charge < -0.3 is 4.90 Å². The highest BCUT2D eigenvalue weighted by molar-refractivity contribution is 7.89. The maximum absolute atomic E-state index is 13.2. The molecule has 0 radical (unpaired) electrons. The maximum atomic E-state index is 13.2. The maximum Gasteiger partial charge on any atom is 0.417 e. The Morgan fingerprint density at radius 2 is 1.89 bits per heavy atom. The van der Waals surface area contributed by atoms with Crippen molar-refractivity contribution in [3.63, 3.8) is 0 Å².